The highest BCUT2D eigenvalue weighted by Gasteiger charge is 2.23. The van der Waals surface area contributed by atoms with Gasteiger partial charge in [-0.2, -0.15) is 0 Å². The molecule has 0 saturated carbocycles. The van der Waals surface area contributed by atoms with E-state index >= 15 is 0 Å². The van der Waals surface area contributed by atoms with Gasteiger partial charge in [0, 0.05) is 23.2 Å². The standard InChI is InChI=1S/C23H15F2NO3/c24-19-8-6-15(10-20(19)25)26-12-18-21(28-13-26)9-7-16-17(11-22(27)29-23(16)18)14-4-2-1-3-5-14/h1-11H,12-13H2. The van der Waals surface area contributed by atoms with E-state index in [9.17, 15) is 13.6 Å². The molecular weight excluding hydrogens is 376 g/mol. The minimum absolute atomic E-state index is 0.173. The highest BCUT2D eigenvalue weighted by atomic mass is 19.2. The third-order valence-electron chi connectivity index (χ3n) is 5.05. The Labute approximate surface area is 164 Å². The van der Waals surface area contributed by atoms with E-state index in [1.807, 2.05) is 42.5 Å². The second-order valence-corrected chi connectivity index (χ2v) is 6.83. The van der Waals surface area contributed by atoms with E-state index in [0.717, 1.165) is 28.6 Å². The Morgan fingerprint density at radius 2 is 1.72 bits per heavy atom. The van der Waals surface area contributed by atoms with Crippen LogP contribution in [-0.2, 0) is 6.54 Å². The molecule has 0 atom stereocenters. The first-order valence-corrected chi connectivity index (χ1v) is 9.08. The minimum atomic E-state index is -0.927. The number of benzene rings is 3. The summed E-state index contributed by atoms with van der Waals surface area (Å²) >= 11 is 0. The third-order valence-corrected chi connectivity index (χ3v) is 5.05. The van der Waals surface area contributed by atoms with Crippen LogP contribution in [0.2, 0.25) is 0 Å². The molecule has 3 aromatic carbocycles. The van der Waals surface area contributed by atoms with Gasteiger partial charge in [-0.05, 0) is 35.4 Å². The Morgan fingerprint density at radius 3 is 2.52 bits per heavy atom. The fourth-order valence-corrected chi connectivity index (χ4v) is 3.64. The van der Waals surface area contributed by atoms with E-state index in [2.05, 4.69) is 0 Å². The zero-order valence-corrected chi connectivity index (χ0v) is 15.2. The molecule has 0 fully saturated rings. The highest BCUT2D eigenvalue weighted by Crippen LogP contribution is 2.37. The summed E-state index contributed by atoms with van der Waals surface area (Å²) in [6, 6.07) is 18.5. The Bertz CT molecular complexity index is 1280. The first-order chi connectivity index (χ1) is 14.1. The molecule has 0 saturated heterocycles. The topological polar surface area (TPSA) is 42.7 Å². The lowest BCUT2D eigenvalue weighted by atomic mass is 9.99. The molecule has 144 valence electrons. The Kier molecular flexibility index (Phi) is 4.05. The van der Waals surface area contributed by atoms with Crippen molar-refractivity contribution >= 4 is 16.7 Å². The van der Waals surface area contributed by atoms with E-state index in [0.29, 0.717) is 29.1 Å². The van der Waals surface area contributed by atoms with Crippen molar-refractivity contribution in [1.82, 2.24) is 0 Å². The molecule has 6 heteroatoms. The van der Waals surface area contributed by atoms with Crippen molar-refractivity contribution in [3.8, 4) is 16.9 Å². The van der Waals surface area contributed by atoms with Gasteiger partial charge in [0.1, 0.15) is 11.3 Å². The molecule has 0 amide bonds. The number of halogens is 2. The minimum Gasteiger partial charge on any atom is -0.473 e. The monoisotopic (exact) mass is 391 g/mol. The Hall–Kier alpha value is -3.67. The number of hydrogen-bond acceptors (Lipinski definition) is 4. The Balaban J connectivity index is 1.65. The highest BCUT2D eigenvalue weighted by molar-refractivity contribution is 5.96. The molecule has 1 aliphatic rings. The van der Waals surface area contributed by atoms with Crippen molar-refractivity contribution in [3.63, 3.8) is 0 Å². The van der Waals surface area contributed by atoms with E-state index in [-0.39, 0.29) is 6.73 Å². The fourth-order valence-electron chi connectivity index (χ4n) is 3.64. The van der Waals surface area contributed by atoms with Crippen LogP contribution < -0.4 is 15.3 Å². The second kappa shape index (κ2) is 6.74. The summed E-state index contributed by atoms with van der Waals surface area (Å²) in [6.45, 7) is 0.505. The van der Waals surface area contributed by atoms with Crippen molar-refractivity contribution in [2.45, 2.75) is 6.54 Å². The lowest BCUT2D eigenvalue weighted by Crippen LogP contribution is -2.32. The van der Waals surface area contributed by atoms with Crippen LogP contribution in [-0.4, -0.2) is 6.73 Å². The van der Waals surface area contributed by atoms with Gasteiger partial charge in [-0.25, -0.2) is 13.6 Å². The summed E-state index contributed by atoms with van der Waals surface area (Å²) in [5.74, 6) is -1.23. The van der Waals surface area contributed by atoms with Gasteiger partial charge in [-0.1, -0.05) is 30.3 Å². The zero-order chi connectivity index (χ0) is 20.0. The van der Waals surface area contributed by atoms with Crippen LogP contribution in [0.1, 0.15) is 5.56 Å². The first kappa shape index (κ1) is 17.4. The van der Waals surface area contributed by atoms with Gasteiger partial charge in [0.2, 0.25) is 0 Å². The summed E-state index contributed by atoms with van der Waals surface area (Å²) in [4.78, 5) is 14.0. The SMILES string of the molecule is O=c1cc(-c2ccccc2)c2ccc3c(c2o1)CN(c1ccc(F)c(F)c1)CO3. The maximum atomic E-state index is 13.7. The van der Waals surface area contributed by atoms with Crippen molar-refractivity contribution in [2.75, 3.05) is 11.6 Å². The number of ether oxygens (including phenoxy) is 1. The van der Waals surface area contributed by atoms with Crippen LogP contribution in [0.3, 0.4) is 0 Å². The molecule has 4 aromatic rings. The maximum absolute atomic E-state index is 13.7. The summed E-state index contributed by atoms with van der Waals surface area (Å²) in [6.07, 6.45) is 0. The fraction of sp³-hybridized carbons (Fsp3) is 0.0870. The van der Waals surface area contributed by atoms with Crippen LogP contribution in [0.25, 0.3) is 22.1 Å². The molecule has 1 aromatic heterocycles. The Morgan fingerprint density at radius 1 is 0.897 bits per heavy atom. The van der Waals surface area contributed by atoms with Crippen LogP contribution in [0.5, 0.6) is 5.75 Å². The molecule has 0 aliphatic carbocycles. The van der Waals surface area contributed by atoms with Crippen molar-refractivity contribution < 1.29 is 17.9 Å². The summed E-state index contributed by atoms with van der Waals surface area (Å²) in [5.41, 5.74) is 2.81. The summed E-state index contributed by atoms with van der Waals surface area (Å²) in [7, 11) is 0. The lowest BCUT2D eigenvalue weighted by molar-refractivity contribution is 0.289. The average molecular weight is 391 g/mol. The normalized spacial score (nSPS) is 13.2. The molecule has 0 unspecified atom stereocenters. The lowest BCUT2D eigenvalue weighted by Gasteiger charge is -2.31. The number of rotatable bonds is 2. The molecule has 4 nitrogen and oxygen atoms in total. The van der Waals surface area contributed by atoms with Crippen LogP contribution >= 0.6 is 0 Å². The van der Waals surface area contributed by atoms with Crippen LogP contribution in [0.4, 0.5) is 14.5 Å². The molecule has 29 heavy (non-hydrogen) atoms. The summed E-state index contributed by atoms with van der Waals surface area (Å²) in [5, 5.41) is 0.783. The summed E-state index contributed by atoms with van der Waals surface area (Å²) < 4.78 is 38.3. The smallest absolute Gasteiger partial charge is 0.336 e. The van der Waals surface area contributed by atoms with Gasteiger partial charge in [0.15, 0.2) is 18.4 Å². The van der Waals surface area contributed by atoms with Gasteiger partial charge in [0.05, 0.1) is 12.1 Å². The second-order valence-electron chi connectivity index (χ2n) is 6.83. The molecular formula is C23H15F2NO3. The molecule has 0 spiro atoms. The molecule has 0 bridgehead atoms. The van der Waals surface area contributed by atoms with E-state index < -0.39 is 17.3 Å². The predicted molar refractivity (Wildman–Crippen MR) is 106 cm³/mol. The van der Waals surface area contributed by atoms with Gasteiger partial charge >= 0.3 is 5.63 Å². The number of fused-ring (bicyclic) bond motifs is 3. The van der Waals surface area contributed by atoms with Crippen molar-refractivity contribution in [2.24, 2.45) is 0 Å². The van der Waals surface area contributed by atoms with Crippen molar-refractivity contribution in [1.29, 1.82) is 0 Å². The maximum Gasteiger partial charge on any atom is 0.336 e. The van der Waals surface area contributed by atoms with E-state index in [4.69, 9.17) is 9.15 Å². The van der Waals surface area contributed by atoms with Crippen molar-refractivity contribution in [3.05, 3.63) is 94.3 Å². The molecule has 2 heterocycles. The quantitative estimate of drug-likeness (QED) is 0.446. The number of hydrogen-bond donors (Lipinski definition) is 0. The molecule has 0 N–H and O–H groups in total. The molecule has 0 radical (unpaired) electrons. The van der Waals surface area contributed by atoms with Gasteiger partial charge in [-0.3, -0.25) is 0 Å². The molecule has 5 rings (SSSR count). The third kappa shape index (κ3) is 3.02. The van der Waals surface area contributed by atoms with Crippen LogP contribution in [0.15, 0.2) is 75.9 Å². The zero-order valence-electron chi connectivity index (χ0n) is 15.2. The van der Waals surface area contributed by atoms with E-state index in [1.54, 1.807) is 4.90 Å². The number of nitrogens with zero attached hydrogens (tertiary/aromatic N) is 1. The first-order valence-electron chi connectivity index (χ1n) is 9.08. The number of anilines is 1. The van der Waals surface area contributed by atoms with Gasteiger partial charge in [0.25, 0.3) is 0 Å². The van der Waals surface area contributed by atoms with Gasteiger partial charge < -0.3 is 14.1 Å². The largest absolute Gasteiger partial charge is 0.473 e. The van der Waals surface area contributed by atoms with Crippen LogP contribution in [0, 0.1) is 11.6 Å². The van der Waals surface area contributed by atoms with E-state index in [1.165, 1.54) is 12.1 Å². The molecule has 1 aliphatic heterocycles. The predicted octanol–water partition coefficient (Wildman–Crippen LogP) is 5.09. The van der Waals surface area contributed by atoms with Gasteiger partial charge in [-0.15, -0.1) is 0 Å². The average Bonchev–Trinajstić information content (AvgIpc) is 2.75.